The minimum Gasteiger partial charge on any atom is -0.381 e. The van der Waals surface area contributed by atoms with Gasteiger partial charge in [0.05, 0.1) is 12.2 Å². The molecule has 110 valence electrons. The molecule has 19 heavy (non-hydrogen) atoms. The van der Waals surface area contributed by atoms with Crippen LogP contribution in [0.1, 0.15) is 51.9 Å². The van der Waals surface area contributed by atoms with E-state index in [0.29, 0.717) is 12.0 Å². The molecule has 2 saturated heterocycles. The standard InChI is InChI=1S/C16H29NO2/c1-2-17-15(14-5-3-9-18-12-14)13-6-10-19-16(11-13)7-4-8-16/h13-15,17H,2-12H2,1H3. The van der Waals surface area contributed by atoms with Crippen LogP contribution < -0.4 is 5.32 Å². The molecule has 0 amide bonds. The third-order valence-electron chi connectivity index (χ3n) is 5.45. The maximum absolute atomic E-state index is 6.09. The van der Waals surface area contributed by atoms with Gasteiger partial charge in [-0.25, -0.2) is 0 Å². The first-order valence-corrected chi connectivity index (χ1v) is 8.28. The SMILES string of the molecule is CCNC(C1CCCOC1)C1CCOC2(CCC2)C1. The smallest absolute Gasteiger partial charge is 0.0685 e. The average molecular weight is 267 g/mol. The van der Waals surface area contributed by atoms with Gasteiger partial charge in [0.25, 0.3) is 0 Å². The first kappa shape index (κ1) is 13.8. The molecule has 3 rings (SSSR count). The zero-order valence-electron chi connectivity index (χ0n) is 12.3. The van der Waals surface area contributed by atoms with Crippen LogP contribution in [0.25, 0.3) is 0 Å². The van der Waals surface area contributed by atoms with Crippen LogP contribution in [0.3, 0.4) is 0 Å². The van der Waals surface area contributed by atoms with Crippen molar-refractivity contribution in [1.82, 2.24) is 5.32 Å². The molecule has 0 aromatic rings. The Hall–Kier alpha value is -0.120. The van der Waals surface area contributed by atoms with Crippen LogP contribution in [0.5, 0.6) is 0 Å². The van der Waals surface area contributed by atoms with Crippen molar-refractivity contribution in [3.8, 4) is 0 Å². The van der Waals surface area contributed by atoms with Gasteiger partial charge in [0.2, 0.25) is 0 Å². The molecule has 3 atom stereocenters. The Labute approximate surface area is 117 Å². The average Bonchev–Trinajstić information content (AvgIpc) is 2.44. The molecule has 2 aliphatic heterocycles. The summed E-state index contributed by atoms with van der Waals surface area (Å²) in [6.07, 6.45) is 9.04. The summed E-state index contributed by atoms with van der Waals surface area (Å²) < 4.78 is 11.8. The Morgan fingerprint density at radius 3 is 2.68 bits per heavy atom. The van der Waals surface area contributed by atoms with Crippen molar-refractivity contribution in [2.45, 2.75) is 63.5 Å². The van der Waals surface area contributed by atoms with Crippen molar-refractivity contribution in [3.05, 3.63) is 0 Å². The molecule has 1 N–H and O–H groups in total. The molecule has 0 bridgehead atoms. The lowest BCUT2D eigenvalue weighted by molar-refractivity contribution is -0.151. The number of hydrogen-bond donors (Lipinski definition) is 1. The van der Waals surface area contributed by atoms with E-state index >= 15 is 0 Å². The van der Waals surface area contributed by atoms with E-state index in [1.54, 1.807) is 0 Å². The molecule has 2 heterocycles. The molecular weight excluding hydrogens is 238 g/mol. The van der Waals surface area contributed by atoms with Gasteiger partial charge in [-0.15, -0.1) is 0 Å². The largest absolute Gasteiger partial charge is 0.381 e. The summed E-state index contributed by atoms with van der Waals surface area (Å²) >= 11 is 0. The molecule has 3 unspecified atom stereocenters. The molecular formula is C16H29NO2. The molecule has 3 fully saturated rings. The highest BCUT2D eigenvalue weighted by atomic mass is 16.5. The van der Waals surface area contributed by atoms with Gasteiger partial charge in [-0.1, -0.05) is 6.92 Å². The number of ether oxygens (including phenoxy) is 2. The minimum atomic E-state index is 0.270. The predicted molar refractivity (Wildman–Crippen MR) is 76.3 cm³/mol. The molecule has 1 aliphatic carbocycles. The first-order chi connectivity index (χ1) is 9.33. The van der Waals surface area contributed by atoms with Crippen LogP contribution in [-0.4, -0.2) is 38.0 Å². The zero-order valence-corrected chi connectivity index (χ0v) is 12.3. The van der Waals surface area contributed by atoms with Gasteiger partial charge in [-0.2, -0.15) is 0 Å². The highest BCUT2D eigenvalue weighted by Crippen LogP contribution is 2.46. The van der Waals surface area contributed by atoms with Crippen LogP contribution in [0, 0.1) is 11.8 Å². The number of rotatable bonds is 4. The third-order valence-corrected chi connectivity index (χ3v) is 5.45. The van der Waals surface area contributed by atoms with E-state index in [1.165, 1.54) is 44.9 Å². The summed E-state index contributed by atoms with van der Waals surface area (Å²) in [6, 6.07) is 0.645. The molecule has 0 aromatic heterocycles. The van der Waals surface area contributed by atoms with Crippen LogP contribution in [-0.2, 0) is 9.47 Å². The normalized spacial score (nSPS) is 35.8. The Morgan fingerprint density at radius 2 is 2.05 bits per heavy atom. The van der Waals surface area contributed by atoms with Gasteiger partial charge in [0, 0.05) is 19.3 Å². The Morgan fingerprint density at radius 1 is 1.16 bits per heavy atom. The summed E-state index contributed by atoms with van der Waals surface area (Å²) in [4.78, 5) is 0. The topological polar surface area (TPSA) is 30.5 Å². The highest BCUT2D eigenvalue weighted by molar-refractivity contribution is 4.98. The quantitative estimate of drug-likeness (QED) is 0.849. The van der Waals surface area contributed by atoms with E-state index in [9.17, 15) is 0 Å². The van der Waals surface area contributed by atoms with Gasteiger partial charge >= 0.3 is 0 Å². The second-order valence-corrected chi connectivity index (χ2v) is 6.70. The van der Waals surface area contributed by atoms with E-state index in [1.807, 2.05) is 0 Å². The maximum atomic E-state index is 6.09. The second-order valence-electron chi connectivity index (χ2n) is 6.70. The van der Waals surface area contributed by atoms with Crippen molar-refractivity contribution in [2.75, 3.05) is 26.4 Å². The second kappa shape index (κ2) is 6.11. The lowest BCUT2D eigenvalue weighted by Crippen LogP contribution is -2.53. The molecule has 3 heteroatoms. The summed E-state index contributed by atoms with van der Waals surface area (Å²) in [7, 11) is 0. The minimum absolute atomic E-state index is 0.270. The van der Waals surface area contributed by atoms with Gasteiger partial charge < -0.3 is 14.8 Å². The summed E-state index contributed by atoms with van der Waals surface area (Å²) in [5.74, 6) is 1.51. The Bertz CT molecular complexity index is 284. The monoisotopic (exact) mass is 267 g/mol. The molecule has 0 radical (unpaired) electrons. The van der Waals surface area contributed by atoms with Crippen molar-refractivity contribution in [1.29, 1.82) is 0 Å². The highest BCUT2D eigenvalue weighted by Gasteiger charge is 2.45. The fourth-order valence-corrected chi connectivity index (χ4v) is 4.29. The number of hydrogen-bond acceptors (Lipinski definition) is 3. The third kappa shape index (κ3) is 2.98. The van der Waals surface area contributed by atoms with E-state index < -0.39 is 0 Å². The van der Waals surface area contributed by atoms with Crippen LogP contribution in [0.4, 0.5) is 0 Å². The molecule has 1 spiro atoms. The molecule has 3 nitrogen and oxygen atoms in total. The molecule has 1 saturated carbocycles. The van der Waals surface area contributed by atoms with Crippen molar-refractivity contribution >= 4 is 0 Å². The van der Waals surface area contributed by atoms with Crippen LogP contribution in [0.15, 0.2) is 0 Å². The van der Waals surface area contributed by atoms with Gasteiger partial charge in [0.15, 0.2) is 0 Å². The maximum Gasteiger partial charge on any atom is 0.0685 e. The van der Waals surface area contributed by atoms with Crippen LogP contribution >= 0.6 is 0 Å². The lowest BCUT2D eigenvalue weighted by atomic mass is 9.68. The Balaban J connectivity index is 1.64. The number of nitrogens with one attached hydrogen (secondary N) is 1. The van der Waals surface area contributed by atoms with Crippen molar-refractivity contribution in [2.24, 2.45) is 11.8 Å². The summed E-state index contributed by atoms with van der Waals surface area (Å²) in [5.41, 5.74) is 0.270. The summed E-state index contributed by atoms with van der Waals surface area (Å²) in [5, 5.41) is 3.77. The van der Waals surface area contributed by atoms with Gasteiger partial charge in [0.1, 0.15) is 0 Å². The Kier molecular flexibility index (Phi) is 4.45. The van der Waals surface area contributed by atoms with Crippen LogP contribution in [0.2, 0.25) is 0 Å². The summed E-state index contributed by atoms with van der Waals surface area (Å²) in [6.45, 7) is 6.20. The first-order valence-electron chi connectivity index (χ1n) is 8.28. The van der Waals surface area contributed by atoms with E-state index in [2.05, 4.69) is 12.2 Å². The molecule has 3 aliphatic rings. The van der Waals surface area contributed by atoms with Crippen molar-refractivity contribution < 1.29 is 9.47 Å². The van der Waals surface area contributed by atoms with E-state index in [-0.39, 0.29) is 5.60 Å². The predicted octanol–water partition coefficient (Wildman–Crippen LogP) is 2.74. The van der Waals surface area contributed by atoms with Gasteiger partial charge in [-0.3, -0.25) is 0 Å². The fourth-order valence-electron chi connectivity index (χ4n) is 4.29. The zero-order chi connectivity index (χ0) is 13.1. The lowest BCUT2D eigenvalue weighted by Gasteiger charge is -2.50. The van der Waals surface area contributed by atoms with Gasteiger partial charge in [-0.05, 0) is 63.3 Å². The van der Waals surface area contributed by atoms with E-state index in [0.717, 1.165) is 32.3 Å². The molecule has 0 aromatic carbocycles. The van der Waals surface area contributed by atoms with E-state index in [4.69, 9.17) is 9.47 Å². The van der Waals surface area contributed by atoms with Crippen molar-refractivity contribution in [3.63, 3.8) is 0 Å². The fraction of sp³-hybridized carbons (Fsp3) is 1.00.